The zero-order valence-corrected chi connectivity index (χ0v) is 18.5. The summed E-state index contributed by atoms with van der Waals surface area (Å²) >= 11 is 0. The number of ether oxygens (including phenoxy) is 2. The lowest BCUT2D eigenvalue weighted by Gasteiger charge is -2.14. The van der Waals surface area contributed by atoms with Crippen LogP contribution in [0.25, 0.3) is 0 Å². The lowest BCUT2D eigenvalue weighted by molar-refractivity contribution is 0.418. The molecule has 2 aromatic carbocycles. The minimum atomic E-state index is -0.184. The van der Waals surface area contributed by atoms with E-state index in [1.165, 1.54) is 10.6 Å². The highest BCUT2D eigenvalue weighted by molar-refractivity contribution is 7.48. The van der Waals surface area contributed by atoms with Crippen LogP contribution in [0.2, 0.25) is 0 Å². The van der Waals surface area contributed by atoms with E-state index in [2.05, 4.69) is 50.3 Å². The molecule has 0 heterocycles. The molecule has 0 aliphatic carbocycles. The number of hydrogen-bond donors (Lipinski definition) is 0. The normalized spacial score (nSPS) is 12.9. The Hall–Kier alpha value is -1.69. The maximum atomic E-state index is 5.41. The molecule has 0 aliphatic rings. The zero-order chi connectivity index (χ0) is 19.5. The highest BCUT2D eigenvalue weighted by atomic mass is 31.1. The molecule has 0 saturated carbocycles. The summed E-state index contributed by atoms with van der Waals surface area (Å²) in [5, 5.41) is 2.52. The zero-order valence-electron chi connectivity index (χ0n) is 16.5. The van der Waals surface area contributed by atoms with Crippen LogP contribution in [0.5, 0.6) is 11.5 Å². The van der Waals surface area contributed by atoms with Crippen LogP contribution in [0.1, 0.15) is 13.8 Å². The first-order valence-electron chi connectivity index (χ1n) is 9.01. The molecule has 2 rings (SSSR count). The molecule has 0 fully saturated rings. The summed E-state index contributed by atoms with van der Waals surface area (Å²) in [6.45, 7) is 4.27. The number of aliphatic imine (C=N–C) groups is 1. The summed E-state index contributed by atoms with van der Waals surface area (Å²) in [7, 11) is 4.81. The number of para-hydroxylation sites is 2. The van der Waals surface area contributed by atoms with Gasteiger partial charge < -0.3 is 9.47 Å². The predicted octanol–water partition coefficient (Wildman–Crippen LogP) is 4.42. The quantitative estimate of drug-likeness (QED) is 0.335. The third kappa shape index (κ3) is 7.45. The fourth-order valence-electron chi connectivity index (χ4n) is 2.58. The van der Waals surface area contributed by atoms with Gasteiger partial charge in [-0.3, -0.25) is 4.99 Å². The summed E-state index contributed by atoms with van der Waals surface area (Å²) < 4.78 is 10.8. The average Bonchev–Trinajstić information content (AvgIpc) is 2.69. The first-order chi connectivity index (χ1) is 13.1. The molecule has 3 nitrogen and oxygen atoms in total. The van der Waals surface area contributed by atoms with Crippen molar-refractivity contribution in [3.63, 3.8) is 0 Å². The minimum Gasteiger partial charge on any atom is -0.496 e. The Morgan fingerprint density at radius 3 is 1.93 bits per heavy atom. The Morgan fingerprint density at radius 1 is 0.852 bits per heavy atom. The van der Waals surface area contributed by atoms with Gasteiger partial charge in [-0.1, -0.05) is 65.7 Å². The molecule has 144 valence electrons. The van der Waals surface area contributed by atoms with Crippen molar-refractivity contribution in [2.24, 2.45) is 4.99 Å². The summed E-state index contributed by atoms with van der Waals surface area (Å²) in [6, 6.07) is 16.4. The SMILES string of the molecule is COc1ccccc1PCC=CC(C)(C)N=CCPc1ccccc1OC. The van der Waals surface area contributed by atoms with Crippen molar-refractivity contribution in [2.75, 3.05) is 26.5 Å². The number of benzene rings is 2. The van der Waals surface area contributed by atoms with Crippen LogP contribution in [0.4, 0.5) is 0 Å². The van der Waals surface area contributed by atoms with Gasteiger partial charge in [0, 0.05) is 23.0 Å². The molecule has 0 amide bonds. The van der Waals surface area contributed by atoms with Gasteiger partial charge in [0.15, 0.2) is 0 Å². The van der Waals surface area contributed by atoms with Crippen LogP contribution < -0.4 is 20.1 Å². The fraction of sp³-hybridized carbons (Fsp3) is 0.318. The topological polar surface area (TPSA) is 30.8 Å². The number of rotatable bonds is 10. The average molecular weight is 401 g/mol. The second-order valence-electron chi connectivity index (χ2n) is 6.53. The molecular weight excluding hydrogens is 372 g/mol. The smallest absolute Gasteiger partial charge is 0.126 e. The van der Waals surface area contributed by atoms with Gasteiger partial charge in [-0.15, -0.1) is 0 Å². The van der Waals surface area contributed by atoms with Gasteiger partial charge in [0.25, 0.3) is 0 Å². The lowest BCUT2D eigenvalue weighted by Crippen LogP contribution is -2.13. The molecule has 2 atom stereocenters. The van der Waals surface area contributed by atoms with Crippen LogP contribution in [-0.4, -0.2) is 38.3 Å². The molecule has 0 aromatic heterocycles. The molecule has 0 saturated heterocycles. The Kier molecular flexibility index (Phi) is 8.98. The van der Waals surface area contributed by atoms with Gasteiger partial charge >= 0.3 is 0 Å². The second kappa shape index (κ2) is 11.2. The Morgan fingerprint density at radius 2 is 1.37 bits per heavy atom. The van der Waals surface area contributed by atoms with E-state index < -0.39 is 0 Å². The molecule has 0 bridgehead atoms. The molecule has 5 heteroatoms. The first-order valence-corrected chi connectivity index (χ1v) is 11.4. The van der Waals surface area contributed by atoms with Gasteiger partial charge in [0.05, 0.1) is 19.8 Å². The molecule has 0 aliphatic heterocycles. The number of nitrogens with zero attached hydrogens (tertiary/aromatic N) is 1. The molecule has 27 heavy (non-hydrogen) atoms. The number of allylic oxidation sites excluding steroid dienone is 1. The van der Waals surface area contributed by atoms with Gasteiger partial charge in [0.1, 0.15) is 11.5 Å². The van der Waals surface area contributed by atoms with E-state index >= 15 is 0 Å². The van der Waals surface area contributed by atoms with Crippen molar-refractivity contribution < 1.29 is 9.47 Å². The molecule has 0 spiro atoms. The maximum absolute atomic E-state index is 5.41. The summed E-state index contributed by atoms with van der Waals surface area (Å²) in [6.07, 6.45) is 8.39. The monoisotopic (exact) mass is 401 g/mol. The van der Waals surface area contributed by atoms with Crippen LogP contribution >= 0.6 is 17.2 Å². The van der Waals surface area contributed by atoms with Crippen LogP contribution in [0.15, 0.2) is 65.7 Å². The van der Waals surface area contributed by atoms with Crippen molar-refractivity contribution >= 4 is 34.0 Å². The van der Waals surface area contributed by atoms with Crippen molar-refractivity contribution in [1.29, 1.82) is 0 Å². The number of hydrogen-bond acceptors (Lipinski definition) is 3. The van der Waals surface area contributed by atoms with Gasteiger partial charge in [-0.05, 0) is 32.1 Å². The summed E-state index contributed by atoms with van der Waals surface area (Å²) in [4.78, 5) is 4.74. The molecule has 2 aromatic rings. The van der Waals surface area contributed by atoms with Crippen LogP contribution in [0.3, 0.4) is 0 Å². The predicted molar refractivity (Wildman–Crippen MR) is 123 cm³/mol. The van der Waals surface area contributed by atoms with E-state index in [1.54, 1.807) is 14.2 Å². The van der Waals surface area contributed by atoms with Crippen LogP contribution in [-0.2, 0) is 0 Å². The highest BCUT2D eigenvalue weighted by Crippen LogP contribution is 2.21. The van der Waals surface area contributed by atoms with E-state index in [1.807, 2.05) is 30.5 Å². The largest absolute Gasteiger partial charge is 0.496 e. The lowest BCUT2D eigenvalue weighted by atomic mass is 10.1. The Bertz CT molecular complexity index is 709. The van der Waals surface area contributed by atoms with Crippen molar-refractivity contribution in [2.45, 2.75) is 19.4 Å². The standard InChI is InChI=1S/C22H29NO2P2/c1-22(2,14-9-16-26-20-12-7-5-10-18(20)24-3)23-15-17-27-21-13-8-6-11-19(21)25-4/h5-15,26-27H,16-17H2,1-4H3. The van der Waals surface area contributed by atoms with E-state index in [0.717, 1.165) is 23.8 Å². The van der Waals surface area contributed by atoms with Gasteiger partial charge in [-0.25, -0.2) is 0 Å². The van der Waals surface area contributed by atoms with Crippen molar-refractivity contribution in [3.05, 3.63) is 60.7 Å². The second-order valence-corrected chi connectivity index (χ2v) is 9.13. The highest BCUT2D eigenvalue weighted by Gasteiger charge is 2.09. The van der Waals surface area contributed by atoms with E-state index in [9.17, 15) is 0 Å². The molecule has 0 radical (unpaired) electrons. The van der Waals surface area contributed by atoms with Crippen molar-refractivity contribution in [3.8, 4) is 11.5 Å². The maximum Gasteiger partial charge on any atom is 0.126 e. The Labute approximate surface area is 166 Å². The Balaban J connectivity index is 1.81. The molecule has 2 unspecified atom stereocenters. The molecular formula is C22H29NO2P2. The van der Waals surface area contributed by atoms with Crippen molar-refractivity contribution in [1.82, 2.24) is 0 Å². The third-order valence-corrected chi connectivity index (χ3v) is 6.37. The minimum absolute atomic E-state index is 0.184. The fourth-order valence-corrected chi connectivity index (χ4v) is 4.58. The van der Waals surface area contributed by atoms with Crippen LogP contribution in [0, 0.1) is 0 Å². The third-order valence-electron chi connectivity index (χ3n) is 3.96. The number of methoxy groups -OCH3 is 2. The summed E-state index contributed by atoms with van der Waals surface area (Å²) in [5.41, 5.74) is -0.184. The first kappa shape index (κ1) is 21.6. The molecule has 0 N–H and O–H groups in total. The van der Waals surface area contributed by atoms with Gasteiger partial charge in [-0.2, -0.15) is 0 Å². The van der Waals surface area contributed by atoms with Gasteiger partial charge in [0.2, 0.25) is 0 Å². The summed E-state index contributed by atoms with van der Waals surface area (Å²) in [5.74, 6) is 1.93. The van der Waals surface area contributed by atoms with E-state index in [-0.39, 0.29) is 5.54 Å². The van der Waals surface area contributed by atoms with E-state index in [0.29, 0.717) is 17.2 Å². The van der Waals surface area contributed by atoms with E-state index in [4.69, 9.17) is 14.5 Å².